The molecule has 5 heteroatoms. The number of hydrogen-bond donors (Lipinski definition) is 3. The van der Waals surface area contributed by atoms with E-state index in [1.54, 1.807) is 0 Å². The molecule has 1 atom stereocenters. The molecule has 0 aromatic rings. The number of hydrogen-bond acceptors (Lipinski definition) is 3. The second-order valence-corrected chi connectivity index (χ2v) is 1.44. The molecule has 0 radical (unpaired) electrons. The molecule has 0 spiro atoms. The Bertz CT molecular complexity index is 49.8. The van der Waals surface area contributed by atoms with Crippen LogP contribution in [-0.4, -0.2) is 33.6 Å². The van der Waals surface area contributed by atoms with E-state index in [1.807, 2.05) is 0 Å². The van der Waals surface area contributed by atoms with Gasteiger partial charge in [0.15, 0.2) is 6.29 Å². The van der Waals surface area contributed by atoms with E-state index in [1.165, 1.54) is 0 Å². The van der Waals surface area contributed by atoms with Gasteiger partial charge < -0.3 is 15.3 Å². The molecule has 3 nitrogen and oxygen atoms in total. The van der Waals surface area contributed by atoms with Gasteiger partial charge >= 0.3 is 0 Å². The number of rotatable bonds is 2. The molecule has 0 aliphatic rings. The predicted molar refractivity (Wildman–Crippen MR) is 32.2 cm³/mol. The molecule has 0 aromatic carbocycles. The molecular formula is C3H8Cl2O3. The lowest BCUT2D eigenvalue weighted by molar-refractivity contribution is -0.113. The van der Waals surface area contributed by atoms with E-state index in [-0.39, 0.29) is 18.3 Å². The normalized spacial score (nSPS) is 13.1. The number of halogens is 2. The first kappa shape index (κ1) is 11.3. The van der Waals surface area contributed by atoms with Crippen LogP contribution in [0.3, 0.4) is 0 Å². The van der Waals surface area contributed by atoms with E-state index in [0.29, 0.717) is 0 Å². The predicted octanol–water partition coefficient (Wildman–Crippen LogP) is -0.681. The van der Waals surface area contributed by atoms with E-state index < -0.39 is 12.4 Å². The first-order valence-electron chi connectivity index (χ1n) is 1.78. The van der Waals surface area contributed by atoms with Gasteiger partial charge in [-0.05, 0) is 0 Å². The fraction of sp³-hybridized carbons (Fsp3) is 1.00. The van der Waals surface area contributed by atoms with Gasteiger partial charge in [0.2, 0.25) is 0 Å². The minimum absolute atomic E-state index is 0. The number of aliphatic hydroxyl groups excluding tert-OH is 2. The molecule has 0 rings (SSSR count). The second kappa shape index (κ2) is 5.59. The summed E-state index contributed by atoms with van der Waals surface area (Å²) in [5, 5.41) is 24.4. The van der Waals surface area contributed by atoms with Crippen molar-refractivity contribution in [3.05, 3.63) is 0 Å². The van der Waals surface area contributed by atoms with Gasteiger partial charge in [-0.25, -0.2) is 0 Å². The zero-order valence-electron chi connectivity index (χ0n) is 3.99. The molecule has 52 valence electrons. The molecule has 1 unspecified atom stereocenters. The highest BCUT2D eigenvalue weighted by molar-refractivity contribution is 6.18. The molecule has 0 saturated carbocycles. The molecule has 3 N–H and O–H groups in total. The van der Waals surface area contributed by atoms with Crippen molar-refractivity contribution < 1.29 is 15.3 Å². The van der Waals surface area contributed by atoms with Gasteiger partial charge in [0.1, 0.15) is 6.10 Å². The van der Waals surface area contributed by atoms with Crippen LogP contribution in [0.1, 0.15) is 0 Å². The molecule has 8 heavy (non-hydrogen) atoms. The van der Waals surface area contributed by atoms with Crippen LogP contribution in [0, 0.1) is 0 Å². The Hall–Kier alpha value is 0.460. The monoisotopic (exact) mass is 162 g/mol. The zero-order valence-corrected chi connectivity index (χ0v) is 5.56. The van der Waals surface area contributed by atoms with E-state index in [0.717, 1.165) is 0 Å². The van der Waals surface area contributed by atoms with Crippen LogP contribution in [0.5, 0.6) is 0 Å². The Morgan fingerprint density at radius 1 is 1.25 bits per heavy atom. The van der Waals surface area contributed by atoms with Gasteiger partial charge in [0, 0.05) is 0 Å². The lowest BCUT2D eigenvalue weighted by Crippen LogP contribution is -2.26. The summed E-state index contributed by atoms with van der Waals surface area (Å²) >= 11 is 4.98. The third-order valence-corrected chi connectivity index (χ3v) is 0.818. The zero-order chi connectivity index (χ0) is 5.86. The van der Waals surface area contributed by atoms with Crippen molar-refractivity contribution in [2.24, 2.45) is 0 Å². The fourth-order valence-corrected chi connectivity index (χ4v) is 0.239. The topological polar surface area (TPSA) is 60.7 Å². The maximum atomic E-state index is 8.30. The van der Waals surface area contributed by atoms with Crippen LogP contribution in [0.25, 0.3) is 0 Å². The molecule has 0 fully saturated rings. The van der Waals surface area contributed by atoms with Crippen molar-refractivity contribution in [1.29, 1.82) is 0 Å². The fourth-order valence-electron chi connectivity index (χ4n) is 0.0797. The Labute approximate surface area is 58.3 Å². The van der Waals surface area contributed by atoms with E-state index in [4.69, 9.17) is 26.9 Å². The van der Waals surface area contributed by atoms with Crippen LogP contribution in [-0.2, 0) is 0 Å². The van der Waals surface area contributed by atoms with Gasteiger partial charge in [-0.1, -0.05) is 0 Å². The third-order valence-electron chi connectivity index (χ3n) is 0.502. The molecule has 0 bridgehead atoms. The Kier molecular flexibility index (Phi) is 7.89. The second-order valence-electron chi connectivity index (χ2n) is 1.14. The molecular weight excluding hydrogens is 155 g/mol. The molecule has 0 aromatic heterocycles. The molecule has 0 saturated heterocycles. The highest BCUT2D eigenvalue weighted by Gasteiger charge is 2.08. The van der Waals surface area contributed by atoms with E-state index >= 15 is 0 Å². The Balaban J connectivity index is 0. The first-order chi connectivity index (χ1) is 3.18. The summed E-state index contributed by atoms with van der Waals surface area (Å²) in [6.07, 6.45) is -2.93. The summed E-state index contributed by atoms with van der Waals surface area (Å²) in [4.78, 5) is 0. The molecule has 0 heterocycles. The number of aliphatic hydroxyl groups is 3. The average molecular weight is 163 g/mol. The van der Waals surface area contributed by atoms with Gasteiger partial charge in [0.05, 0.1) is 5.88 Å². The van der Waals surface area contributed by atoms with E-state index in [9.17, 15) is 0 Å². The summed E-state index contributed by atoms with van der Waals surface area (Å²) in [5.74, 6) is -0.155. The van der Waals surface area contributed by atoms with Gasteiger partial charge in [-0.2, -0.15) is 0 Å². The molecule has 0 aliphatic carbocycles. The van der Waals surface area contributed by atoms with Crippen LogP contribution >= 0.6 is 24.0 Å². The van der Waals surface area contributed by atoms with Crippen molar-refractivity contribution in [3.63, 3.8) is 0 Å². The SMILES string of the molecule is Cl.OC(O)C(O)CCl. The average Bonchev–Trinajstić information content (AvgIpc) is 1.65. The summed E-state index contributed by atoms with van der Waals surface area (Å²) in [6, 6.07) is 0. The van der Waals surface area contributed by atoms with Crippen molar-refractivity contribution in [2.45, 2.75) is 12.4 Å². The van der Waals surface area contributed by atoms with Crippen molar-refractivity contribution >= 4 is 24.0 Å². The summed E-state index contributed by atoms with van der Waals surface area (Å²) in [7, 11) is 0. The highest BCUT2D eigenvalue weighted by Crippen LogP contribution is 1.90. The molecule has 0 aliphatic heterocycles. The Morgan fingerprint density at radius 2 is 1.62 bits per heavy atom. The Morgan fingerprint density at radius 3 is 1.62 bits per heavy atom. The molecule has 0 amide bonds. The summed E-state index contributed by atoms with van der Waals surface area (Å²) in [6.45, 7) is 0. The van der Waals surface area contributed by atoms with E-state index in [2.05, 4.69) is 0 Å². The quantitative estimate of drug-likeness (QED) is 0.373. The largest absolute Gasteiger partial charge is 0.387 e. The van der Waals surface area contributed by atoms with Crippen molar-refractivity contribution in [3.8, 4) is 0 Å². The maximum Gasteiger partial charge on any atom is 0.179 e. The van der Waals surface area contributed by atoms with Crippen LogP contribution in [0.4, 0.5) is 0 Å². The maximum absolute atomic E-state index is 8.30. The van der Waals surface area contributed by atoms with Crippen LogP contribution in [0.2, 0.25) is 0 Å². The van der Waals surface area contributed by atoms with Crippen molar-refractivity contribution in [1.82, 2.24) is 0 Å². The smallest absolute Gasteiger partial charge is 0.179 e. The van der Waals surface area contributed by atoms with Crippen LogP contribution < -0.4 is 0 Å². The summed E-state index contributed by atoms with van der Waals surface area (Å²) < 4.78 is 0. The number of alkyl halides is 1. The third kappa shape index (κ3) is 4.61. The minimum Gasteiger partial charge on any atom is -0.387 e. The lowest BCUT2D eigenvalue weighted by atomic mass is 10.4. The van der Waals surface area contributed by atoms with Gasteiger partial charge in [-0.15, -0.1) is 24.0 Å². The van der Waals surface area contributed by atoms with Gasteiger partial charge in [-0.3, -0.25) is 0 Å². The van der Waals surface area contributed by atoms with Gasteiger partial charge in [0.25, 0.3) is 0 Å². The standard InChI is InChI=1S/C3H7ClO3.ClH/c4-1-2(5)3(6)7;/h2-3,5-7H,1H2;1H. The van der Waals surface area contributed by atoms with Crippen LogP contribution in [0.15, 0.2) is 0 Å². The first-order valence-corrected chi connectivity index (χ1v) is 2.32. The lowest BCUT2D eigenvalue weighted by Gasteiger charge is -2.06. The minimum atomic E-state index is -1.71. The van der Waals surface area contributed by atoms with Crippen molar-refractivity contribution in [2.75, 3.05) is 5.88 Å². The summed E-state index contributed by atoms with van der Waals surface area (Å²) in [5.41, 5.74) is 0. The highest BCUT2D eigenvalue weighted by atomic mass is 35.5.